The van der Waals surface area contributed by atoms with Gasteiger partial charge in [0.05, 0.1) is 24.5 Å². The Kier molecular flexibility index (Phi) is 2.84. The zero-order valence-electron chi connectivity index (χ0n) is 9.76. The molecule has 1 saturated carbocycles. The van der Waals surface area contributed by atoms with E-state index in [2.05, 4.69) is 10.4 Å². The largest absolute Gasteiger partial charge is 0.379 e. The van der Waals surface area contributed by atoms with E-state index < -0.39 is 0 Å². The molecule has 1 aromatic rings. The van der Waals surface area contributed by atoms with Gasteiger partial charge in [0.1, 0.15) is 0 Å². The van der Waals surface area contributed by atoms with E-state index in [0.717, 1.165) is 38.2 Å². The fraction of sp³-hybridized carbons (Fsp3) is 0.667. The van der Waals surface area contributed by atoms with E-state index in [1.54, 1.807) is 6.20 Å². The van der Waals surface area contributed by atoms with Crippen LogP contribution < -0.4 is 5.32 Å². The summed E-state index contributed by atoms with van der Waals surface area (Å²) in [6, 6.07) is 0.323. The molecule has 0 aromatic carbocycles. The maximum Gasteiger partial charge on any atom is 0.227 e. The minimum Gasteiger partial charge on any atom is -0.379 e. The topological polar surface area (TPSA) is 56.2 Å². The monoisotopic (exact) mass is 235 g/mol. The van der Waals surface area contributed by atoms with Crippen molar-refractivity contribution < 1.29 is 9.53 Å². The Morgan fingerprint density at radius 2 is 2.35 bits per heavy atom. The normalized spacial score (nSPS) is 24.6. The lowest BCUT2D eigenvalue weighted by Gasteiger charge is -2.23. The molecular weight excluding hydrogens is 218 g/mol. The predicted octanol–water partition coefficient (Wildman–Crippen LogP) is 1.58. The van der Waals surface area contributed by atoms with Crippen molar-refractivity contribution in [3.8, 4) is 0 Å². The minimum atomic E-state index is 0.137. The third kappa shape index (κ3) is 2.20. The molecule has 0 bridgehead atoms. The number of hydrogen-bond acceptors (Lipinski definition) is 3. The molecule has 2 fully saturated rings. The van der Waals surface area contributed by atoms with Gasteiger partial charge in [-0.15, -0.1) is 0 Å². The first-order chi connectivity index (χ1) is 8.33. The molecule has 1 aromatic heterocycles. The summed E-state index contributed by atoms with van der Waals surface area (Å²) in [7, 11) is 0. The molecule has 1 N–H and O–H groups in total. The molecule has 2 heterocycles. The average molecular weight is 235 g/mol. The Morgan fingerprint density at radius 1 is 1.47 bits per heavy atom. The molecule has 1 atom stereocenters. The number of carbonyl (C=O) groups excluding carboxylic acids is 1. The van der Waals surface area contributed by atoms with Gasteiger partial charge in [-0.3, -0.25) is 9.48 Å². The van der Waals surface area contributed by atoms with Crippen LogP contribution in [0.15, 0.2) is 12.4 Å². The number of ether oxygens (including phenoxy) is 1. The molecule has 1 saturated heterocycles. The first kappa shape index (κ1) is 10.8. The van der Waals surface area contributed by atoms with Crippen LogP contribution in [0.2, 0.25) is 0 Å². The maximum atomic E-state index is 11.8. The van der Waals surface area contributed by atoms with Crippen molar-refractivity contribution in [2.75, 3.05) is 18.5 Å². The summed E-state index contributed by atoms with van der Waals surface area (Å²) < 4.78 is 7.21. The van der Waals surface area contributed by atoms with Gasteiger partial charge >= 0.3 is 0 Å². The second-order valence-corrected chi connectivity index (χ2v) is 4.84. The highest BCUT2D eigenvalue weighted by Gasteiger charge is 2.25. The highest BCUT2D eigenvalue weighted by molar-refractivity contribution is 5.92. The van der Waals surface area contributed by atoms with Gasteiger partial charge in [-0.05, 0) is 19.3 Å². The highest BCUT2D eigenvalue weighted by Crippen LogP contribution is 2.27. The van der Waals surface area contributed by atoms with Gasteiger partial charge in [0, 0.05) is 18.7 Å². The van der Waals surface area contributed by atoms with Gasteiger partial charge in [-0.2, -0.15) is 5.10 Å². The highest BCUT2D eigenvalue weighted by atomic mass is 16.5. The second-order valence-electron chi connectivity index (χ2n) is 4.84. The molecule has 0 unspecified atom stereocenters. The van der Waals surface area contributed by atoms with E-state index in [9.17, 15) is 4.79 Å². The Balaban J connectivity index is 1.61. The Bertz CT molecular complexity index is 406. The third-order valence-corrected chi connectivity index (χ3v) is 3.62. The molecule has 5 nitrogen and oxygen atoms in total. The van der Waals surface area contributed by atoms with Crippen molar-refractivity contribution in [2.24, 2.45) is 5.92 Å². The summed E-state index contributed by atoms with van der Waals surface area (Å²) in [5, 5.41) is 7.20. The summed E-state index contributed by atoms with van der Waals surface area (Å²) >= 11 is 0. The summed E-state index contributed by atoms with van der Waals surface area (Å²) in [6.45, 7) is 1.52. The Morgan fingerprint density at radius 3 is 3.00 bits per heavy atom. The maximum absolute atomic E-state index is 11.8. The van der Waals surface area contributed by atoms with Crippen molar-refractivity contribution in [1.82, 2.24) is 9.78 Å². The number of rotatable bonds is 3. The number of hydrogen-bond donors (Lipinski definition) is 1. The van der Waals surface area contributed by atoms with Crippen molar-refractivity contribution in [3.05, 3.63) is 12.4 Å². The predicted molar refractivity (Wildman–Crippen MR) is 62.7 cm³/mol. The smallest absolute Gasteiger partial charge is 0.227 e. The number of anilines is 1. The molecule has 3 rings (SSSR count). The van der Waals surface area contributed by atoms with E-state index in [1.165, 1.54) is 6.42 Å². The quantitative estimate of drug-likeness (QED) is 0.865. The van der Waals surface area contributed by atoms with Gasteiger partial charge in [0.15, 0.2) is 0 Å². The summed E-state index contributed by atoms with van der Waals surface area (Å²) in [5.41, 5.74) is 0.800. The van der Waals surface area contributed by atoms with Crippen LogP contribution in [0.25, 0.3) is 0 Å². The van der Waals surface area contributed by atoms with Crippen molar-refractivity contribution in [3.63, 3.8) is 0 Å². The average Bonchev–Trinajstić information content (AvgIpc) is 2.82. The first-order valence-electron chi connectivity index (χ1n) is 6.26. The molecule has 17 heavy (non-hydrogen) atoms. The van der Waals surface area contributed by atoms with E-state index in [4.69, 9.17) is 4.74 Å². The zero-order valence-corrected chi connectivity index (χ0v) is 9.76. The Hall–Kier alpha value is -1.36. The SMILES string of the molecule is O=C(Nc1cnn([C@H]2CCOC2)c1)C1CCC1. The molecule has 92 valence electrons. The molecule has 5 heteroatoms. The van der Waals surface area contributed by atoms with Gasteiger partial charge in [-0.1, -0.05) is 6.42 Å². The number of nitrogens with one attached hydrogen (secondary N) is 1. The lowest BCUT2D eigenvalue weighted by molar-refractivity contribution is -0.122. The molecule has 1 aliphatic heterocycles. The van der Waals surface area contributed by atoms with Gasteiger partial charge in [-0.25, -0.2) is 0 Å². The summed E-state index contributed by atoms with van der Waals surface area (Å²) in [5.74, 6) is 0.353. The molecule has 1 aliphatic carbocycles. The standard InChI is InChI=1S/C12H17N3O2/c16-12(9-2-1-3-9)14-10-6-13-15(7-10)11-4-5-17-8-11/h6-7,9,11H,1-5,8H2,(H,14,16)/t11-/m0/s1. The fourth-order valence-electron chi connectivity index (χ4n) is 2.25. The van der Waals surface area contributed by atoms with Crippen LogP contribution in [0.4, 0.5) is 5.69 Å². The van der Waals surface area contributed by atoms with Crippen LogP contribution in [-0.4, -0.2) is 28.9 Å². The van der Waals surface area contributed by atoms with E-state index >= 15 is 0 Å². The van der Waals surface area contributed by atoms with Gasteiger partial charge < -0.3 is 10.1 Å². The van der Waals surface area contributed by atoms with Crippen LogP contribution in [0.3, 0.4) is 0 Å². The Labute approximate surface area is 100 Å². The minimum absolute atomic E-state index is 0.137. The lowest BCUT2D eigenvalue weighted by Crippen LogP contribution is -2.27. The molecule has 1 amide bonds. The number of amides is 1. The number of aromatic nitrogens is 2. The molecular formula is C12H17N3O2. The summed E-state index contributed by atoms with van der Waals surface area (Å²) in [6.07, 6.45) is 7.84. The summed E-state index contributed by atoms with van der Waals surface area (Å²) in [4.78, 5) is 11.8. The molecule has 0 radical (unpaired) electrons. The van der Waals surface area contributed by atoms with Crippen LogP contribution in [0.1, 0.15) is 31.7 Å². The van der Waals surface area contributed by atoms with Gasteiger partial charge in [0.25, 0.3) is 0 Å². The van der Waals surface area contributed by atoms with E-state index in [1.807, 2.05) is 10.9 Å². The third-order valence-electron chi connectivity index (χ3n) is 3.62. The zero-order chi connectivity index (χ0) is 11.7. The van der Waals surface area contributed by atoms with Crippen LogP contribution >= 0.6 is 0 Å². The lowest BCUT2D eigenvalue weighted by atomic mass is 9.85. The van der Waals surface area contributed by atoms with Crippen LogP contribution in [0.5, 0.6) is 0 Å². The van der Waals surface area contributed by atoms with Crippen molar-refractivity contribution in [1.29, 1.82) is 0 Å². The van der Waals surface area contributed by atoms with Crippen molar-refractivity contribution >= 4 is 11.6 Å². The van der Waals surface area contributed by atoms with Gasteiger partial charge in [0.2, 0.25) is 5.91 Å². The molecule has 2 aliphatic rings. The number of nitrogens with zero attached hydrogens (tertiary/aromatic N) is 2. The van der Waals surface area contributed by atoms with Crippen LogP contribution in [0, 0.1) is 5.92 Å². The number of carbonyl (C=O) groups is 1. The molecule has 0 spiro atoms. The first-order valence-corrected chi connectivity index (χ1v) is 6.26. The fourth-order valence-corrected chi connectivity index (χ4v) is 2.25. The second kappa shape index (κ2) is 4.49. The van der Waals surface area contributed by atoms with Crippen LogP contribution in [-0.2, 0) is 9.53 Å². The van der Waals surface area contributed by atoms with Crippen molar-refractivity contribution in [2.45, 2.75) is 31.7 Å². The van der Waals surface area contributed by atoms with E-state index in [0.29, 0.717) is 6.04 Å². The van der Waals surface area contributed by atoms with E-state index in [-0.39, 0.29) is 11.8 Å².